The second-order valence-electron chi connectivity index (χ2n) is 8.67. The molecule has 3 rings (SSSR count). The van der Waals surface area contributed by atoms with Crippen molar-refractivity contribution in [2.75, 3.05) is 32.5 Å². The van der Waals surface area contributed by atoms with Gasteiger partial charge in [0.15, 0.2) is 15.8 Å². The lowest BCUT2D eigenvalue weighted by molar-refractivity contribution is 0.207. The van der Waals surface area contributed by atoms with Gasteiger partial charge in [0.2, 0.25) is 0 Å². The van der Waals surface area contributed by atoms with Crippen molar-refractivity contribution in [1.29, 1.82) is 0 Å². The van der Waals surface area contributed by atoms with Gasteiger partial charge in [-0.1, -0.05) is 0 Å². The highest BCUT2D eigenvalue weighted by atomic mass is 32.2. The molecule has 1 heterocycles. The molecule has 0 radical (unpaired) electrons. The molecule has 30 heavy (non-hydrogen) atoms. The van der Waals surface area contributed by atoms with E-state index >= 15 is 0 Å². The average molecular weight is 438 g/mol. The van der Waals surface area contributed by atoms with E-state index in [-0.39, 0.29) is 11.9 Å². The van der Waals surface area contributed by atoms with E-state index in [2.05, 4.69) is 5.32 Å². The van der Waals surface area contributed by atoms with Gasteiger partial charge in [0.25, 0.3) is 0 Å². The summed E-state index contributed by atoms with van der Waals surface area (Å²) in [6.45, 7) is 7.64. The van der Waals surface area contributed by atoms with E-state index in [4.69, 9.17) is 14.5 Å². The van der Waals surface area contributed by atoms with Crippen LogP contribution in [0.3, 0.4) is 0 Å². The second kappa shape index (κ2) is 9.45. The minimum atomic E-state index is -3.10. The van der Waals surface area contributed by atoms with Crippen LogP contribution in [0.5, 0.6) is 11.5 Å². The molecule has 168 valence electrons. The van der Waals surface area contributed by atoms with Crippen molar-refractivity contribution in [2.45, 2.75) is 63.9 Å². The third-order valence-corrected chi connectivity index (χ3v) is 8.48. The Balaban J connectivity index is 1.80. The summed E-state index contributed by atoms with van der Waals surface area (Å²) in [5.41, 5.74) is 1.00. The van der Waals surface area contributed by atoms with E-state index in [1.807, 2.05) is 30.0 Å². The van der Waals surface area contributed by atoms with E-state index in [0.717, 1.165) is 42.4 Å². The molecule has 0 atom stereocenters. The summed E-state index contributed by atoms with van der Waals surface area (Å²) in [5, 5.41) is 3.32. The molecule has 8 heteroatoms. The number of hydrogen-bond donors (Lipinski definition) is 1. The van der Waals surface area contributed by atoms with Crippen LogP contribution < -0.4 is 14.8 Å². The number of guanidine groups is 1. The van der Waals surface area contributed by atoms with Gasteiger partial charge in [-0.2, -0.15) is 0 Å². The molecular weight excluding hydrogens is 402 g/mol. The van der Waals surface area contributed by atoms with Crippen LogP contribution in [0.2, 0.25) is 0 Å². The van der Waals surface area contributed by atoms with Crippen molar-refractivity contribution in [3.63, 3.8) is 0 Å². The highest BCUT2D eigenvalue weighted by molar-refractivity contribution is 7.92. The van der Waals surface area contributed by atoms with Crippen LogP contribution in [0.15, 0.2) is 23.2 Å². The van der Waals surface area contributed by atoms with Crippen LogP contribution in [-0.2, 0) is 16.4 Å². The zero-order valence-electron chi connectivity index (χ0n) is 18.6. The summed E-state index contributed by atoms with van der Waals surface area (Å²) in [4.78, 5) is 6.87. The summed E-state index contributed by atoms with van der Waals surface area (Å²) in [6, 6.07) is 5.86. The van der Waals surface area contributed by atoms with Gasteiger partial charge in [0.05, 0.1) is 30.3 Å². The molecule has 0 unspecified atom stereocenters. The lowest BCUT2D eigenvalue weighted by Gasteiger charge is -2.39. The summed E-state index contributed by atoms with van der Waals surface area (Å²) in [6.07, 6.45) is 4.83. The minimum absolute atomic E-state index is 0.142. The Kier molecular flexibility index (Phi) is 7.16. The van der Waals surface area contributed by atoms with Gasteiger partial charge >= 0.3 is 0 Å². The van der Waals surface area contributed by atoms with Crippen molar-refractivity contribution in [3.05, 3.63) is 23.8 Å². The Morgan fingerprint density at radius 1 is 1.30 bits per heavy atom. The SMILES string of the molecule is CCNC(=NCc1ccc(OC)cc1OC1CCCC1)N1CCS(=O)(=O)C(C)(C)C1. The van der Waals surface area contributed by atoms with Crippen LogP contribution in [-0.4, -0.2) is 62.6 Å². The Morgan fingerprint density at radius 3 is 2.67 bits per heavy atom. The van der Waals surface area contributed by atoms with E-state index in [0.29, 0.717) is 19.6 Å². The molecule has 2 fully saturated rings. The van der Waals surface area contributed by atoms with Crippen LogP contribution in [0, 0.1) is 0 Å². The van der Waals surface area contributed by atoms with Gasteiger partial charge in [-0.25, -0.2) is 13.4 Å². The number of methoxy groups -OCH3 is 1. The summed E-state index contributed by atoms with van der Waals surface area (Å²) >= 11 is 0. The fraction of sp³-hybridized carbons (Fsp3) is 0.682. The number of rotatable bonds is 6. The number of aliphatic imine (C=N–C) groups is 1. The minimum Gasteiger partial charge on any atom is -0.497 e. The first-order chi connectivity index (χ1) is 14.3. The first-order valence-electron chi connectivity index (χ1n) is 10.8. The molecule has 1 saturated heterocycles. The molecule has 1 aliphatic heterocycles. The standard InChI is InChI=1S/C22H35N3O4S/c1-5-23-21(25-12-13-30(26,27)22(2,3)16-25)24-15-17-10-11-19(28-4)14-20(17)29-18-8-6-7-9-18/h10-11,14,18H,5-9,12-13,15-16H2,1-4H3,(H,23,24). The van der Waals surface area contributed by atoms with Crippen LogP contribution in [0.25, 0.3) is 0 Å². The second-order valence-corrected chi connectivity index (χ2v) is 11.4. The normalized spacial score (nSPS) is 21.5. The molecule has 1 aliphatic carbocycles. The molecule has 0 bridgehead atoms. The molecule has 1 N–H and O–H groups in total. The summed E-state index contributed by atoms with van der Waals surface area (Å²) in [5.74, 6) is 2.47. The Bertz CT molecular complexity index is 861. The van der Waals surface area contributed by atoms with Gasteiger partial charge in [0.1, 0.15) is 11.5 Å². The molecular formula is C22H35N3O4S. The maximum absolute atomic E-state index is 12.4. The number of sulfone groups is 1. The van der Waals surface area contributed by atoms with Gasteiger partial charge in [-0.3, -0.25) is 0 Å². The number of ether oxygens (including phenoxy) is 2. The van der Waals surface area contributed by atoms with Gasteiger partial charge in [0, 0.05) is 31.3 Å². The third kappa shape index (κ3) is 5.20. The van der Waals surface area contributed by atoms with E-state index in [9.17, 15) is 8.42 Å². The molecule has 1 aromatic rings. The average Bonchev–Trinajstić information content (AvgIpc) is 3.21. The topological polar surface area (TPSA) is 80.2 Å². The van der Waals surface area contributed by atoms with Gasteiger partial charge in [-0.15, -0.1) is 0 Å². The molecule has 0 spiro atoms. The molecule has 7 nitrogen and oxygen atoms in total. The predicted molar refractivity (Wildman–Crippen MR) is 120 cm³/mol. The smallest absolute Gasteiger partial charge is 0.194 e. The van der Waals surface area contributed by atoms with Crippen LogP contribution in [0.4, 0.5) is 0 Å². The van der Waals surface area contributed by atoms with Crippen molar-refractivity contribution in [1.82, 2.24) is 10.2 Å². The first-order valence-corrected chi connectivity index (χ1v) is 12.5. The molecule has 1 saturated carbocycles. The summed E-state index contributed by atoms with van der Waals surface area (Å²) < 4.78 is 35.6. The predicted octanol–water partition coefficient (Wildman–Crippen LogP) is 2.99. The first kappa shape index (κ1) is 22.7. The molecule has 0 amide bonds. The molecule has 2 aliphatic rings. The Labute approximate surface area is 180 Å². The molecule has 1 aromatic carbocycles. The van der Waals surface area contributed by atoms with E-state index < -0.39 is 14.6 Å². The number of benzene rings is 1. The zero-order valence-corrected chi connectivity index (χ0v) is 19.4. The van der Waals surface area contributed by atoms with Crippen LogP contribution in [0.1, 0.15) is 52.0 Å². The van der Waals surface area contributed by atoms with Crippen LogP contribution >= 0.6 is 0 Å². The summed E-state index contributed by atoms with van der Waals surface area (Å²) in [7, 11) is -1.44. The van der Waals surface area contributed by atoms with E-state index in [1.54, 1.807) is 21.0 Å². The quantitative estimate of drug-likeness (QED) is 0.544. The zero-order chi connectivity index (χ0) is 21.8. The number of hydrogen-bond acceptors (Lipinski definition) is 5. The fourth-order valence-electron chi connectivity index (χ4n) is 4.00. The fourth-order valence-corrected chi connectivity index (χ4v) is 5.36. The number of nitrogens with zero attached hydrogens (tertiary/aromatic N) is 2. The van der Waals surface area contributed by atoms with Crippen molar-refractivity contribution in [2.24, 2.45) is 4.99 Å². The maximum atomic E-state index is 12.4. The monoisotopic (exact) mass is 437 g/mol. The highest BCUT2D eigenvalue weighted by Gasteiger charge is 2.41. The third-order valence-electron chi connectivity index (χ3n) is 5.95. The van der Waals surface area contributed by atoms with Crippen molar-refractivity contribution < 1.29 is 17.9 Å². The number of nitrogens with one attached hydrogen (secondary N) is 1. The largest absolute Gasteiger partial charge is 0.497 e. The Hall–Kier alpha value is -1.96. The Morgan fingerprint density at radius 2 is 2.03 bits per heavy atom. The molecule has 0 aromatic heterocycles. The lowest BCUT2D eigenvalue weighted by Crippen LogP contribution is -2.57. The van der Waals surface area contributed by atoms with Gasteiger partial charge in [-0.05, 0) is 58.6 Å². The van der Waals surface area contributed by atoms with Crippen molar-refractivity contribution in [3.8, 4) is 11.5 Å². The van der Waals surface area contributed by atoms with Crippen molar-refractivity contribution >= 4 is 15.8 Å². The highest BCUT2D eigenvalue weighted by Crippen LogP contribution is 2.30. The lowest BCUT2D eigenvalue weighted by atomic mass is 10.1. The maximum Gasteiger partial charge on any atom is 0.194 e. The van der Waals surface area contributed by atoms with Gasteiger partial charge < -0.3 is 19.7 Å². The van der Waals surface area contributed by atoms with E-state index in [1.165, 1.54) is 12.8 Å².